The fourth-order valence-corrected chi connectivity index (χ4v) is 3.35. The predicted octanol–water partition coefficient (Wildman–Crippen LogP) is 2.45. The van der Waals surface area contributed by atoms with Crippen molar-refractivity contribution in [1.82, 2.24) is 15.3 Å². The molecule has 8 nitrogen and oxygen atoms in total. The van der Waals surface area contributed by atoms with Gasteiger partial charge in [-0.2, -0.15) is 0 Å². The molecule has 4 rings (SSSR count). The van der Waals surface area contributed by atoms with E-state index in [1.807, 2.05) is 30.3 Å². The number of ether oxygens (including phenoxy) is 1. The van der Waals surface area contributed by atoms with Gasteiger partial charge in [0.15, 0.2) is 0 Å². The smallest absolute Gasteiger partial charge is 0.251 e. The topological polar surface area (TPSA) is 99.6 Å². The van der Waals surface area contributed by atoms with Crippen LogP contribution in [0.1, 0.15) is 10.4 Å². The maximum absolute atomic E-state index is 12.0. The molecule has 8 heteroatoms. The number of carbonyl (C=O) groups excluding carboxylic acids is 1. The van der Waals surface area contributed by atoms with Gasteiger partial charge in [-0.1, -0.05) is 12.1 Å². The van der Waals surface area contributed by atoms with Crippen LogP contribution in [0.5, 0.6) is 0 Å². The third-order valence-corrected chi connectivity index (χ3v) is 5.00. The highest BCUT2D eigenvalue weighted by Crippen LogP contribution is 2.23. The van der Waals surface area contributed by atoms with Gasteiger partial charge in [-0.05, 0) is 42.5 Å². The maximum atomic E-state index is 12.0. The Hall–Kier alpha value is -3.49. The summed E-state index contributed by atoms with van der Waals surface area (Å²) < 4.78 is 5.41. The molecule has 1 aromatic heterocycles. The number of morpholine rings is 1. The number of benzene rings is 2. The zero-order valence-electron chi connectivity index (χ0n) is 17.1. The summed E-state index contributed by atoms with van der Waals surface area (Å²) in [5.74, 6) is 0.285. The average Bonchev–Trinajstić information content (AvgIpc) is 2.84. The van der Waals surface area contributed by atoms with Gasteiger partial charge < -0.3 is 25.4 Å². The normalized spacial score (nSPS) is 13.6. The molecule has 0 saturated carbocycles. The molecular formula is C23H25N5O3. The molecule has 1 aliphatic rings. The molecular weight excluding hydrogens is 394 g/mol. The number of carbonyl (C=O) groups is 1. The van der Waals surface area contributed by atoms with Crippen LogP contribution in [-0.4, -0.2) is 60.4 Å². The molecule has 0 radical (unpaired) electrons. The Bertz CT molecular complexity index is 1000. The Morgan fingerprint density at radius 2 is 1.77 bits per heavy atom. The number of hydrogen-bond acceptors (Lipinski definition) is 7. The van der Waals surface area contributed by atoms with Gasteiger partial charge in [-0.25, -0.2) is 9.97 Å². The molecule has 1 saturated heterocycles. The molecule has 31 heavy (non-hydrogen) atoms. The van der Waals surface area contributed by atoms with Crippen molar-refractivity contribution in [3.63, 3.8) is 0 Å². The Kier molecular flexibility index (Phi) is 6.71. The molecule has 1 amide bonds. The summed E-state index contributed by atoms with van der Waals surface area (Å²) in [6.07, 6.45) is 1.70. The number of aliphatic hydroxyl groups excluding tert-OH is 1. The van der Waals surface area contributed by atoms with Crippen molar-refractivity contribution in [3.05, 3.63) is 66.4 Å². The zero-order valence-corrected chi connectivity index (χ0v) is 17.1. The summed E-state index contributed by atoms with van der Waals surface area (Å²) in [6.45, 7) is 3.47. The van der Waals surface area contributed by atoms with E-state index >= 15 is 0 Å². The number of aromatic nitrogens is 2. The van der Waals surface area contributed by atoms with Gasteiger partial charge in [0, 0.05) is 48.3 Å². The lowest BCUT2D eigenvalue weighted by Gasteiger charge is -2.28. The van der Waals surface area contributed by atoms with E-state index in [4.69, 9.17) is 9.84 Å². The molecule has 0 bridgehead atoms. The first kappa shape index (κ1) is 20.8. The van der Waals surface area contributed by atoms with Crippen LogP contribution in [0.3, 0.4) is 0 Å². The molecule has 2 aromatic carbocycles. The van der Waals surface area contributed by atoms with Crippen LogP contribution in [0, 0.1) is 0 Å². The van der Waals surface area contributed by atoms with Gasteiger partial charge in [0.1, 0.15) is 0 Å². The average molecular weight is 419 g/mol. The molecule has 0 unspecified atom stereocenters. The van der Waals surface area contributed by atoms with Crippen LogP contribution in [0.4, 0.5) is 17.3 Å². The highest BCUT2D eigenvalue weighted by atomic mass is 16.5. The first-order valence-electron chi connectivity index (χ1n) is 10.3. The number of nitrogens with zero attached hydrogens (tertiary/aromatic N) is 3. The first-order valence-corrected chi connectivity index (χ1v) is 10.3. The highest BCUT2D eigenvalue weighted by molar-refractivity contribution is 5.94. The van der Waals surface area contributed by atoms with E-state index in [-0.39, 0.29) is 19.1 Å². The van der Waals surface area contributed by atoms with Gasteiger partial charge in [0.2, 0.25) is 5.95 Å². The van der Waals surface area contributed by atoms with Crippen LogP contribution < -0.4 is 15.5 Å². The van der Waals surface area contributed by atoms with Crippen LogP contribution in [0.25, 0.3) is 11.3 Å². The molecule has 0 aliphatic carbocycles. The van der Waals surface area contributed by atoms with E-state index in [2.05, 4.69) is 37.6 Å². The summed E-state index contributed by atoms with van der Waals surface area (Å²) in [4.78, 5) is 23.2. The van der Waals surface area contributed by atoms with E-state index in [1.165, 1.54) is 5.69 Å². The molecule has 1 aliphatic heterocycles. The molecule has 3 N–H and O–H groups in total. The number of anilines is 3. The van der Waals surface area contributed by atoms with Gasteiger partial charge >= 0.3 is 0 Å². The quantitative estimate of drug-likeness (QED) is 0.541. The molecule has 160 valence electrons. The second kappa shape index (κ2) is 10.0. The standard InChI is InChI=1S/C23H25N5O3/c29-14-11-24-22(30)18-3-1-17(2-4-18)21-9-10-25-23(27-21)26-19-5-7-20(8-6-19)28-12-15-31-16-13-28/h1-10,29H,11-16H2,(H,24,30)(H,25,26,27). The second-order valence-electron chi connectivity index (χ2n) is 7.09. The summed E-state index contributed by atoms with van der Waals surface area (Å²) >= 11 is 0. The molecule has 0 atom stereocenters. The Balaban J connectivity index is 1.43. The predicted molar refractivity (Wildman–Crippen MR) is 120 cm³/mol. The summed E-state index contributed by atoms with van der Waals surface area (Å²) in [5, 5.41) is 14.7. The largest absolute Gasteiger partial charge is 0.395 e. The lowest BCUT2D eigenvalue weighted by Crippen LogP contribution is -2.36. The maximum Gasteiger partial charge on any atom is 0.251 e. The van der Waals surface area contributed by atoms with Gasteiger partial charge in [-0.3, -0.25) is 4.79 Å². The Morgan fingerprint density at radius 1 is 1.03 bits per heavy atom. The summed E-state index contributed by atoms with van der Waals surface area (Å²) in [7, 11) is 0. The Labute approximate surface area is 180 Å². The highest BCUT2D eigenvalue weighted by Gasteiger charge is 2.11. The summed E-state index contributed by atoms with van der Waals surface area (Å²) in [6, 6.07) is 17.2. The minimum absolute atomic E-state index is 0.0868. The lowest BCUT2D eigenvalue weighted by atomic mass is 10.1. The van der Waals surface area contributed by atoms with Crippen molar-refractivity contribution < 1.29 is 14.6 Å². The lowest BCUT2D eigenvalue weighted by molar-refractivity contribution is 0.0945. The van der Waals surface area contributed by atoms with Gasteiger partial charge in [0.25, 0.3) is 5.91 Å². The molecule has 1 fully saturated rings. The van der Waals surface area contributed by atoms with E-state index in [0.717, 1.165) is 43.2 Å². The number of amides is 1. The third kappa shape index (κ3) is 5.36. The zero-order chi connectivity index (χ0) is 21.5. The first-order chi connectivity index (χ1) is 15.2. The fraction of sp³-hybridized carbons (Fsp3) is 0.261. The number of aliphatic hydroxyl groups is 1. The van der Waals surface area contributed by atoms with Crippen molar-refractivity contribution in [2.45, 2.75) is 0 Å². The van der Waals surface area contributed by atoms with Gasteiger partial charge in [-0.15, -0.1) is 0 Å². The molecule has 2 heterocycles. The van der Waals surface area contributed by atoms with E-state index in [0.29, 0.717) is 11.5 Å². The monoisotopic (exact) mass is 419 g/mol. The van der Waals surface area contributed by atoms with Crippen molar-refractivity contribution in [2.24, 2.45) is 0 Å². The van der Waals surface area contributed by atoms with E-state index < -0.39 is 0 Å². The summed E-state index contributed by atoms with van der Waals surface area (Å²) in [5.41, 5.74) is 4.25. The number of rotatable bonds is 7. The minimum Gasteiger partial charge on any atom is -0.395 e. The van der Waals surface area contributed by atoms with Crippen molar-refractivity contribution >= 4 is 23.2 Å². The molecule has 0 spiro atoms. The number of hydrogen-bond donors (Lipinski definition) is 3. The third-order valence-electron chi connectivity index (χ3n) is 5.00. The Morgan fingerprint density at radius 3 is 2.48 bits per heavy atom. The van der Waals surface area contributed by atoms with Crippen LogP contribution in [-0.2, 0) is 4.74 Å². The van der Waals surface area contributed by atoms with Crippen LogP contribution in [0.2, 0.25) is 0 Å². The number of nitrogens with one attached hydrogen (secondary N) is 2. The fourth-order valence-electron chi connectivity index (χ4n) is 3.35. The van der Waals surface area contributed by atoms with Crippen LogP contribution >= 0.6 is 0 Å². The molecule has 3 aromatic rings. The van der Waals surface area contributed by atoms with Crippen molar-refractivity contribution in [3.8, 4) is 11.3 Å². The van der Waals surface area contributed by atoms with Gasteiger partial charge in [0.05, 0.1) is 25.5 Å². The van der Waals surface area contributed by atoms with Crippen molar-refractivity contribution in [2.75, 3.05) is 49.7 Å². The van der Waals surface area contributed by atoms with Crippen LogP contribution in [0.15, 0.2) is 60.8 Å². The van der Waals surface area contributed by atoms with Crippen molar-refractivity contribution in [1.29, 1.82) is 0 Å². The SMILES string of the molecule is O=C(NCCO)c1ccc(-c2ccnc(Nc3ccc(N4CCOCC4)cc3)n2)cc1. The minimum atomic E-state index is -0.217. The van der Waals surface area contributed by atoms with E-state index in [1.54, 1.807) is 18.3 Å². The van der Waals surface area contributed by atoms with E-state index in [9.17, 15) is 4.79 Å². The second-order valence-corrected chi connectivity index (χ2v) is 7.09.